The smallest absolute Gasteiger partial charge is 0.410 e. The molecule has 1 aliphatic carbocycles. The minimum atomic E-state index is -0.621. The number of carbonyl (C=O) groups is 2. The largest absolute Gasteiger partial charge is 0.444 e. The van der Waals surface area contributed by atoms with E-state index in [2.05, 4.69) is 30.8 Å². The highest BCUT2D eigenvalue weighted by atomic mass is 16.6. The third-order valence-corrected chi connectivity index (χ3v) is 8.91. The SMILES string of the molecule is Cn1cnc2c(NCc3cn(CCCN(CCCN(C(=O)OC(C)(C)C)C4CCCCC4)C(=O)OC(C)(C)C)nn3)nc(N3CCNCC3)nc21. The molecular weight excluding hydrogens is 652 g/mol. The molecule has 16 heteroatoms. The number of fused-ring (bicyclic) bond motifs is 1. The van der Waals surface area contributed by atoms with Gasteiger partial charge in [-0.1, -0.05) is 24.5 Å². The number of imidazole rings is 1. The lowest BCUT2D eigenvalue weighted by Crippen LogP contribution is -2.46. The number of aromatic nitrogens is 7. The molecular formula is C35H58N12O4. The molecule has 2 N–H and O–H groups in total. The maximum absolute atomic E-state index is 13.3. The van der Waals surface area contributed by atoms with E-state index in [1.807, 2.05) is 64.3 Å². The van der Waals surface area contributed by atoms with Crippen molar-refractivity contribution in [2.45, 2.75) is 117 Å². The Hall–Kier alpha value is -4.21. The fourth-order valence-electron chi connectivity index (χ4n) is 6.44. The summed E-state index contributed by atoms with van der Waals surface area (Å²) < 4.78 is 15.2. The molecule has 0 aromatic carbocycles. The van der Waals surface area contributed by atoms with E-state index in [4.69, 9.17) is 19.4 Å². The van der Waals surface area contributed by atoms with Crippen LogP contribution in [0.5, 0.6) is 0 Å². The van der Waals surface area contributed by atoms with Crippen LogP contribution in [0.3, 0.4) is 0 Å². The molecule has 2 aliphatic rings. The van der Waals surface area contributed by atoms with Gasteiger partial charge in [0.25, 0.3) is 0 Å². The third-order valence-electron chi connectivity index (χ3n) is 8.91. The average molecular weight is 711 g/mol. The molecule has 5 rings (SSSR count). The van der Waals surface area contributed by atoms with Crippen LogP contribution in [0, 0.1) is 0 Å². The van der Waals surface area contributed by atoms with Gasteiger partial charge in [0.2, 0.25) is 5.95 Å². The monoisotopic (exact) mass is 710 g/mol. The zero-order valence-electron chi connectivity index (χ0n) is 31.7. The van der Waals surface area contributed by atoms with Crippen molar-refractivity contribution in [1.29, 1.82) is 0 Å². The second kappa shape index (κ2) is 16.9. The number of hydrogen-bond donors (Lipinski definition) is 2. The first-order valence-corrected chi connectivity index (χ1v) is 18.5. The Labute approximate surface area is 301 Å². The fraction of sp³-hybridized carbons (Fsp3) is 0.743. The highest BCUT2D eigenvalue weighted by molar-refractivity contribution is 5.84. The van der Waals surface area contributed by atoms with Crippen molar-refractivity contribution < 1.29 is 19.1 Å². The van der Waals surface area contributed by atoms with Crippen molar-refractivity contribution >= 4 is 35.1 Å². The molecule has 3 aromatic rings. The Morgan fingerprint density at radius 2 is 1.63 bits per heavy atom. The highest BCUT2D eigenvalue weighted by Crippen LogP contribution is 2.25. The van der Waals surface area contributed by atoms with E-state index in [1.54, 1.807) is 15.9 Å². The summed E-state index contributed by atoms with van der Waals surface area (Å²) in [6, 6.07) is 0.165. The standard InChI is InChI=1S/C35H58N12O4/c1-34(2,3)50-32(48)45(18-12-20-47(27-13-9-8-10-14-27)33(49)51-35(4,5)6)17-11-19-46-24-26(41-42-46)23-37-29-28-30(43(7)25-38-28)40-31(39-29)44-21-15-36-16-22-44/h24-25,27,36H,8-23H2,1-7H3,(H,37,39,40). The molecule has 282 valence electrons. The molecule has 0 atom stereocenters. The van der Waals surface area contributed by atoms with Gasteiger partial charge in [0.15, 0.2) is 17.0 Å². The number of amides is 2. The van der Waals surface area contributed by atoms with Crippen LogP contribution in [-0.2, 0) is 29.6 Å². The molecule has 0 unspecified atom stereocenters. The van der Waals surface area contributed by atoms with Crippen molar-refractivity contribution in [2.24, 2.45) is 7.05 Å². The zero-order chi connectivity index (χ0) is 36.6. The normalized spacial score (nSPS) is 15.9. The second-order valence-corrected chi connectivity index (χ2v) is 15.6. The summed E-state index contributed by atoms with van der Waals surface area (Å²) in [6.07, 6.45) is 9.67. The summed E-state index contributed by atoms with van der Waals surface area (Å²) in [5.74, 6) is 1.34. The van der Waals surface area contributed by atoms with Crippen LogP contribution in [0.1, 0.15) is 92.2 Å². The number of piperazine rings is 1. The molecule has 1 saturated carbocycles. The van der Waals surface area contributed by atoms with E-state index in [1.165, 1.54) is 6.42 Å². The lowest BCUT2D eigenvalue weighted by molar-refractivity contribution is 0.00994. The van der Waals surface area contributed by atoms with Crippen LogP contribution in [0.2, 0.25) is 0 Å². The van der Waals surface area contributed by atoms with Gasteiger partial charge in [-0.05, 0) is 67.2 Å². The molecule has 2 fully saturated rings. The Morgan fingerprint density at radius 3 is 2.33 bits per heavy atom. The van der Waals surface area contributed by atoms with Crippen LogP contribution in [-0.4, -0.2) is 120 Å². The van der Waals surface area contributed by atoms with Gasteiger partial charge in [-0.2, -0.15) is 9.97 Å². The summed E-state index contributed by atoms with van der Waals surface area (Å²) in [7, 11) is 1.93. The Morgan fingerprint density at radius 1 is 0.941 bits per heavy atom. The van der Waals surface area contributed by atoms with Gasteiger partial charge in [-0.15, -0.1) is 5.10 Å². The quantitative estimate of drug-likeness (QED) is 0.255. The van der Waals surface area contributed by atoms with Gasteiger partial charge in [0.1, 0.15) is 16.9 Å². The number of hydrogen-bond acceptors (Lipinski definition) is 12. The number of rotatable bonds is 13. The van der Waals surface area contributed by atoms with Crippen molar-refractivity contribution in [3.05, 3.63) is 18.2 Å². The minimum absolute atomic E-state index is 0.165. The van der Waals surface area contributed by atoms with Crippen molar-refractivity contribution in [2.75, 3.05) is 56.0 Å². The second-order valence-electron chi connectivity index (χ2n) is 15.6. The van der Waals surface area contributed by atoms with E-state index in [-0.39, 0.29) is 18.2 Å². The molecule has 0 bridgehead atoms. The molecule has 3 aromatic heterocycles. The number of carbonyl (C=O) groups excluding carboxylic acids is 2. The lowest BCUT2D eigenvalue weighted by atomic mass is 9.94. The summed E-state index contributed by atoms with van der Waals surface area (Å²) in [4.78, 5) is 46.4. The van der Waals surface area contributed by atoms with Crippen LogP contribution in [0.15, 0.2) is 12.5 Å². The maximum atomic E-state index is 13.3. The average Bonchev–Trinajstić information content (AvgIpc) is 3.70. The molecule has 1 saturated heterocycles. The number of nitrogens with one attached hydrogen (secondary N) is 2. The van der Waals surface area contributed by atoms with Crippen LogP contribution in [0.25, 0.3) is 11.2 Å². The first-order valence-electron chi connectivity index (χ1n) is 18.5. The number of aryl methyl sites for hydroxylation is 2. The molecule has 2 amide bonds. The van der Waals surface area contributed by atoms with Gasteiger partial charge in [-0.3, -0.25) is 4.68 Å². The van der Waals surface area contributed by atoms with Gasteiger partial charge < -0.3 is 39.4 Å². The third kappa shape index (κ3) is 11.1. The Balaban J connectivity index is 1.17. The Kier molecular flexibility index (Phi) is 12.6. The predicted molar refractivity (Wildman–Crippen MR) is 196 cm³/mol. The van der Waals surface area contributed by atoms with E-state index in [0.717, 1.165) is 63.2 Å². The zero-order valence-corrected chi connectivity index (χ0v) is 31.7. The molecule has 1 aliphatic heterocycles. The van der Waals surface area contributed by atoms with E-state index in [0.29, 0.717) is 62.8 Å². The van der Waals surface area contributed by atoms with Crippen LogP contribution in [0.4, 0.5) is 21.4 Å². The van der Waals surface area contributed by atoms with E-state index in [9.17, 15) is 9.59 Å². The maximum Gasteiger partial charge on any atom is 0.410 e. The van der Waals surface area contributed by atoms with Gasteiger partial charge in [0.05, 0.1) is 19.1 Å². The van der Waals surface area contributed by atoms with Crippen molar-refractivity contribution in [3.63, 3.8) is 0 Å². The van der Waals surface area contributed by atoms with Crippen LogP contribution >= 0.6 is 0 Å². The minimum Gasteiger partial charge on any atom is -0.444 e. The summed E-state index contributed by atoms with van der Waals surface area (Å²) in [5.41, 5.74) is 1.05. The van der Waals surface area contributed by atoms with Crippen molar-refractivity contribution in [1.82, 2.24) is 49.6 Å². The molecule has 4 heterocycles. The first-order chi connectivity index (χ1) is 24.3. The van der Waals surface area contributed by atoms with Gasteiger partial charge >= 0.3 is 12.2 Å². The first kappa shape index (κ1) is 38.0. The Bertz CT molecular complexity index is 1580. The molecule has 0 spiro atoms. The van der Waals surface area contributed by atoms with E-state index < -0.39 is 11.2 Å². The lowest BCUT2D eigenvalue weighted by Gasteiger charge is -2.36. The fourth-order valence-corrected chi connectivity index (χ4v) is 6.44. The summed E-state index contributed by atoms with van der Waals surface area (Å²) >= 11 is 0. The van der Waals surface area contributed by atoms with Crippen LogP contribution < -0.4 is 15.5 Å². The number of nitrogens with zero attached hydrogens (tertiary/aromatic N) is 10. The van der Waals surface area contributed by atoms with Gasteiger partial charge in [0, 0.05) is 65.4 Å². The molecule has 51 heavy (non-hydrogen) atoms. The topological polar surface area (TPSA) is 161 Å². The van der Waals surface area contributed by atoms with Crippen molar-refractivity contribution in [3.8, 4) is 0 Å². The number of ether oxygens (including phenoxy) is 2. The number of anilines is 2. The van der Waals surface area contributed by atoms with Gasteiger partial charge in [-0.25, -0.2) is 14.6 Å². The summed E-state index contributed by atoms with van der Waals surface area (Å²) in [5, 5.41) is 15.5. The predicted octanol–water partition coefficient (Wildman–Crippen LogP) is 4.56. The molecule has 0 radical (unpaired) electrons. The molecule has 16 nitrogen and oxygen atoms in total. The summed E-state index contributed by atoms with van der Waals surface area (Å²) in [6.45, 7) is 17.2. The highest BCUT2D eigenvalue weighted by Gasteiger charge is 2.30. The van der Waals surface area contributed by atoms with E-state index >= 15 is 0 Å².